The minimum atomic E-state index is 0.311. The second-order valence-electron chi connectivity index (χ2n) is 3.45. The summed E-state index contributed by atoms with van der Waals surface area (Å²) in [7, 11) is 0. The van der Waals surface area contributed by atoms with Gasteiger partial charge in [-0.05, 0) is 40.9 Å². The van der Waals surface area contributed by atoms with Gasteiger partial charge in [0.1, 0.15) is 0 Å². The summed E-state index contributed by atoms with van der Waals surface area (Å²) in [5.41, 5.74) is 0. The van der Waals surface area contributed by atoms with E-state index in [1.165, 1.54) is 12.8 Å². The van der Waals surface area contributed by atoms with Crippen molar-refractivity contribution in [1.82, 2.24) is 0 Å². The van der Waals surface area contributed by atoms with Crippen LogP contribution < -0.4 is 0 Å². The first kappa shape index (κ1) is 9.41. The van der Waals surface area contributed by atoms with Crippen LogP contribution in [0, 0.1) is 5.92 Å². The molecule has 1 fully saturated rings. The van der Waals surface area contributed by atoms with Crippen molar-refractivity contribution in [1.29, 1.82) is 0 Å². The second kappa shape index (κ2) is 3.93. The maximum atomic E-state index is 11.8. The summed E-state index contributed by atoms with van der Waals surface area (Å²) in [5, 5.41) is 0. The van der Waals surface area contributed by atoms with Gasteiger partial charge in [0.25, 0.3) is 0 Å². The lowest BCUT2D eigenvalue weighted by Crippen LogP contribution is -2.08. The molecule has 1 aliphatic carbocycles. The SMILES string of the molecule is O=C(c1ccc(Br)s1)C1CCCC1. The molecule has 0 aromatic carbocycles. The molecule has 13 heavy (non-hydrogen) atoms. The molecule has 2 rings (SSSR count). The second-order valence-corrected chi connectivity index (χ2v) is 5.91. The third-order valence-electron chi connectivity index (χ3n) is 2.54. The molecule has 1 heterocycles. The fourth-order valence-corrected chi connectivity index (χ4v) is 3.24. The van der Waals surface area contributed by atoms with E-state index in [-0.39, 0.29) is 0 Å². The van der Waals surface area contributed by atoms with Crippen LogP contribution in [0.5, 0.6) is 0 Å². The first-order valence-electron chi connectivity index (χ1n) is 4.57. The van der Waals surface area contributed by atoms with Gasteiger partial charge in [0, 0.05) is 5.92 Å². The van der Waals surface area contributed by atoms with E-state index in [2.05, 4.69) is 15.9 Å². The van der Waals surface area contributed by atoms with Crippen molar-refractivity contribution in [3.63, 3.8) is 0 Å². The molecule has 1 aliphatic rings. The summed E-state index contributed by atoms with van der Waals surface area (Å²) in [4.78, 5) is 12.8. The Labute approximate surface area is 90.3 Å². The minimum Gasteiger partial charge on any atom is -0.293 e. The average molecular weight is 259 g/mol. The quantitative estimate of drug-likeness (QED) is 0.736. The Bertz CT molecular complexity index is 312. The first-order valence-corrected chi connectivity index (χ1v) is 6.18. The molecule has 0 amide bonds. The number of carbonyl (C=O) groups is 1. The molecule has 1 aromatic rings. The summed E-state index contributed by atoms with van der Waals surface area (Å²) in [6.45, 7) is 0. The highest BCUT2D eigenvalue weighted by molar-refractivity contribution is 9.11. The Hall–Kier alpha value is -0.150. The molecule has 0 N–H and O–H groups in total. The molecule has 0 atom stereocenters. The average Bonchev–Trinajstić information content (AvgIpc) is 2.72. The van der Waals surface area contributed by atoms with E-state index < -0.39 is 0 Å². The van der Waals surface area contributed by atoms with Crippen LogP contribution in [-0.2, 0) is 0 Å². The van der Waals surface area contributed by atoms with Crippen LogP contribution in [0.3, 0.4) is 0 Å². The number of carbonyl (C=O) groups excluding carboxylic acids is 1. The normalized spacial score (nSPS) is 17.9. The Morgan fingerprint density at radius 3 is 2.62 bits per heavy atom. The van der Waals surface area contributed by atoms with Gasteiger partial charge in [-0.25, -0.2) is 0 Å². The largest absolute Gasteiger partial charge is 0.293 e. The summed E-state index contributed by atoms with van der Waals surface area (Å²) in [6.07, 6.45) is 4.63. The maximum Gasteiger partial charge on any atom is 0.175 e. The van der Waals surface area contributed by atoms with Crippen molar-refractivity contribution in [3.05, 3.63) is 20.8 Å². The molecule has 0 radical (unpaired) electrons. The lowest BCUT2D eigenvalue weighted by atomic mass is 10.0. The van der Waals surface area contributed by atoms with Crippen LogP contribution in [-0.4, -0.2) is 5.78 Å². The van der Waals surface area contributed by atoms with E-state index in [1.54, 1.807) is 11.3 Å². The van der Waals surface area contributed by atoms with Gasteiger partial charge < -0.3 is 0 Å². The molecule has 1 nitrogen and oxygen atoms in total. The van der Waals surface area contributed by atoms with Crippen molar-refractivity contribution in [2.24, 2.45) is 5.92 Å². The lowest BCUT2D eigenvalue weighted by Gasteiger charge is -2.04. The maximum absolute atomic E-state index is 11.8. The van der Waals surface area contributed by atoms with Crippen LogP contribution in [0.4, 0.5) is 0 Å². The van der Waals surface area contributed by atoms with Crippen LogP contribution in [0.25, 0.3) is 0 Å². The first-order chi connectivity index (χ1) is 6.27. The number of ketones is 1. The van der Waals surface area contributed by atoms with Crippen LogP contribution in [0.15, 0.2) is 15.9 Å². The van der Waals surface area contributed by atoms with Crippen molar-refractivity contribution in [2.45, 2.75) is 25.7 Å². The standard InChI is InChI=1S/C10H11BrOS/c11-9-6-5-8(13-9)10(12)7-3-1-2-4-7/h5-7H,1-4H2. The van der Waals surface area contributed by atoms with Crippen molar-refractivity contribution < 1.29 is 4.79 Å². The smallest absolute Gasteiger partial charge is 0.175 e. The van der Waals surface area contributed by atoms with Gasteiger partial charge in [-0.15, -0.1) is 11.3 Å². The Morgan fingerprint density at radius 2 is 2.08 bits per heavy atom. The molecule has 0 saturated heterocycles. The highest BCUT2D eigenvalue weighted by Gasteiger charge is 2.24. The third kappa shape index (κ3) is 2.02. The molecular formula is C10H11BrOS. The van der Waals surface area contributed by atoms with Gasteiger partial charge >= 0.3 is 0 Å². The van der Waals surface area contributed by atoms with Crippen molar-refractivity contribution in [3.8, 4) is 0 Å². The minimum absolute atomic E-state index is 0.311. The van der Waals surface area contributed by atoms with Crippen molar-refractivity contribution in [2.75, 3.05) is 0 Å². The predicted octanol–water partition coefficient (Wildman–Crippen LogP) is 3.88. The zero-order valence-electron chi connectivity index (χ0n) is 7.25. The van der Waals surface area contributed by atoms with E-state index in [9.17, 15) is 4.79 Å². The lowest BCUT2D eigenvalue weighted by molar-refractivity contribution is 0.0927. The molecule has 0 aliphatic heterocycles. The zero-order valence-corrected chi connectivity index (χ0v) is 9.66. The van der Waals surface area contributed by atoms with Gasteiger partial charge in [0.2, 0.25) is 0 Å². The van der Waals surface area contributed by atoms with Crippen LogP contribution in [0.1, 0.15) is 35.4 Å². The Balaban J connectivity index is 2.12. The molecule has 1 saturated carbocycles. The van der Waals surface area contributed by atoms with E-state index in [0.717, 1.165) is 21.5 Å². The monoisotopic (exact) mass is 258 g/mol. The molecular weight excluding hydrogens is 248 g/mol. The molecule has 1 aromatic heterocycles. The summed E-state index contributed by atoms with van der Waals surface area (Å²) < 4.78 is 1.05. The van der Waals surface area contributed by atoms with Gasteiger partial charge in [0.05, 0.1) is 8.66 Å². The molecule has 0 unspecified atom stereocenters. The summed E-state index contributed by atoms with van der Waals surface area (Å²) in [5.74, 6) is 0.666. The number of halogens is 1. The number of hydrogen-bond donors (Lipinski definition) is 0. The van der Waals surface area contributed by atoms with E-state index >= 15 is 0 Å². The summed E-state index contributed by atoms with van der Waals surface area (Å²) >= 11 is 4.93. The summed E-state index contributed by atoms with van der Waals surface area (Å²) in [6, 6.07) is 3.88. The van der Waals surface area contributed by atoms with E-state index in [1.807, 2.05) is 12.1 Å². The van der Waals surface area contributed by atoms with Gasteiger partial charge in [0.15, 0.2) is 5.78 Å². The third-order valence-corrected chi connectivity index (χ3v) is 4.18. The van der Waals surface area contributed by atoms with Gasteiger partial charge in [-0.3, -0.25) is 4.79 Å². The topological polar surface area (TPSA) is 17.1 Å². The van der Waals surface area contributed by atoms with E-state index in [4.69, 9.17) is 0 Å². The van der Waals surface area contributed by atoms with Crippen molar-refractivity contribution >= 4 is 33.0 Å². The molecule has 3 heteroatoms. The number of Topliss-reactive ketones (excluding diaryl/α,β-unsaturated/α-hetero) is 1. The predicted molar refractivity (Wildman–Crippen MR) is 58.3 cm³/mol. The highest BCUT2D eigenvalue weighted by atomic mass is 79.9. The van der Waals surface area contributed by atoms with E-state index in [0.29, 0.717) is 11.7 Å². The van der Waals surface area contributed by atoms with Crippen LogP contribution >= 0.6 is 27.3 Å². The number of rotatable bonds is 2. The highest BCUT2D eigenvalue weighted by Crippen LogP contribution is 2.31. The van der Waals surface area contributed by atoms with Gasteiger partial charge in [-0.1, -0.05) is 12.8 Å². The fraction of sp³-hybridized carbons (Fsp3) is 0.500. The molecule has 0 bridgehead atoms. The Kier molecular flexibility index (Phi) is 2.84. The van der Waals surface area contributed by atoms with Gasteiger partial charge in [-0.2, -0.15) is 0 Å². The fourth-order valence-electron chi connectivity index (χ4n) is 1.84. The molecule has 0 spiro atoms. The molecule has 70 valence electrons. The zero-order chi connectivity index (χ0) is 9.26. The number of thiophene rings is 1. The van der Waals surface area contributed by atoms with Crippen LogP contribution in [0.2, 0.25) is 0 Å². The Morgan fingerprint density at radius 1 is 1.38 bits per heavy atom. The number of hydrogen-bond acceptors (Lipinski definition) is 2.